The first-order valence-corrected chi connectivity index (χ1v) is 11.3. The largest absolute Gasteiger partial charge is 0.494 e. The Morgan fingerprint density at radius 2 is 1.94 bits per heavy atom. The lowest BCUT2D eigenvalue weighted by Gasteiger charge is -2.05. The quantitative estimate of drug-likeness (QED) is 0.178. The van der Waals surface area contributed by atoms with Crippen molar-refractivity contribution < 1.29 is 18.9 Å². The second-order valence-corrected chi connectivity index (χ2v) is 8.10. The molecule has 0 unspecified atom stereocenters. The molecule has 9 nitrogen and oxygen atoms in total. The first-order valence-electron chi connectivity index (χ1n) is 11.3. The van der Waals surface area contributed by atoms with Crippen molar-refractivity contribution in [2.75, 3.05) is 6.61 Å². The van der Waals surface area contributed by atoms with E-state index in [1.54, 1.807) is 36.5 Å². The predicted octanol–water partition coefficient (Wildman–Crippen LogP) is 5.51. The smallest absolute Gasteiger partial charge is 0.307 e. The first kappa shape index (κ1) is 22.9. The van der Waals surface area contributed by atoms with Gasteiger partial charge in [-0.25, -0.2) is 5.43 Å². The number of amides is 1. The van der Waals surface area contributed by atoms with Crippen molar-refractivity contribution in [2.24, 2.45) is 5.10 Å². The summed E-state index contributed by atoms with van der Waals surface area (Å²) in [5.41, 5.74) is 5.88. The number of non-ortho nitro benzene ring substituents is 1. The van der Waals surface area contributed by atoms with E-state index in [9.17, 15) is 14.9 Å². The molecule has 1 N–H and O–H groups in total. The van der Waals surface area contributed by atoms with Crippen LogP contribution in [0.5, 0.6) is 5.75 Å². The zero-order valence-electron chi connectivity index (χ0n) is 19.4. The van der Waals surface area contributed by atoms with Gasteiger partial charge in [0.2, 0.25) is 0 Å². The van der Waals surface area contributed by atoms with Crippen molar-refractivity contribution in [2.45, 2.75) is 13.5 Å². The SMILES string of the molecule is CCOc1ccc2oc(C(=O)N/N=C/c3cn(Cc4ccc([N+](=O)[O-])cc4)c4ccccc34)cc2c1. The molecule has 2 heterocycles. The number of nitro benzene ring substituents is 1. The molecule has 0 atom stereocenters. The van der Waals surface area contributed by atoms with Crippen molar-refractivity contribution in [1.82, 2.24) is 9.99 Å². The number of hydrogen-bond acceptors (Lipinski definition) is 6. The number of ether oxygens (including phenoxy) is 1. The number of carbonyl (C=O) groups excluding carboxylic acids is 1. The molecule has 0 aliphatic rings. The summed E-state index contributed by atoms with van der Waals surface area (Å²) >= 11 is 0. The Hall–Kier alpha value is -4.92. The third-order valence-corrected chi connectivity index (χ3v) is 5.71. The van der Waals surface area contributed by atoms with Crippen LogP contribution in [-0.2, 0) is 6.54 Å². The van der Waals surface area contributed by atoms with Crippen LogP contribution in [0.1, 0.15) is 28.6 Å². The maximum Gasteiger partial charge on any atom is 0.307 e. The van der Waals surface area contributed by atoms with Crippen LogP contribution in [0, 0.1) is 10.1 Å². The Labute approximate surface area is 205 Å². The van der Waals surface area contributed by atoms with Crippen molar-refractivity contribution in [3.05, 3.63) is 106 Å². The molecule has 5 aromatic rings. The van der Waals surface area contributed by atoms with E-state index >= 15 is 0 Å². The van der Waals surface area contributed by atoms with E-state index in [1.165, 1.54) is 12.1 Å². The summed E-state index contributed by atoms with van der Waals surface area (Å²) in [6, 6.07) is 21.3. The fourth-order valence-electron chi connectivity index (χ4n) is 4.03. The average molecular weight is 482 g/mol. The molecule has 0 aliphatic carbocycles. The minimum atomic E-state index is -0.463. The standard InChI is InChI=1S/C27H22N4O5/c1-2-35-22-11-12-25-19(13-22)14-26(36-25)27(32)29-28-15-20-17-30(24-6-4-3-5-23(20)24)16-18-7-9-21(10-8-18)31(33)34/h3-15,17H,2,16H2,1H3,(H,29,32)/b28-15+. The monoisotopic (exact) mass is 482 g/mol. The number of nitrogens with zero attached hydrogens (tertiary/aromatic N) is 3. The molecule has 0 aliphatic heterocycles. The maximum absolute atomic E-state index is 12.6. The highest BCUT2D eigenvalue weighted by Gasteiger charge is 2.13. The molecule has 0 fully saturated rings. The first-order chi connectivity index (χ1) is 17.5. The van der Waals surface area contributed by atoms with Gasteiger partial charge in [-0.2, -0.15) is 5.10 Å². The minimum Gasteiger partial charge on any atom is -0.494 e. The number of benzene rings is 3. The molecule has 9 heteroatoms. The Kier molecular flexibility index (Phi) is 6.19. The summed E-state index contributed by atoms with van der Waals surface area (Å²) in [6.07, 6.45) is 3.51. The molecule has 1 amide bonds. The van der Waals surface area contributed by atoms with Gasteiger partial charge < -0.3 is 13.7 Å². The Bertz CT molecular complexity index is 1600. The number of aromatic nitrogens is 1. The van der Waals surface area contributed by atoms with Crippen molar-refractivity contribution in [3.63, 3.8) is 0 Å². The number of rotatable bonds is 8. The fourth-order valence-corrected chi connectivity index (χ4v) is 4.03. The summed E-state index contributed by atoms with van der Waals surface area (Å²) in [5, 5.41) is 16.8. The number of nitro groups is 1. The maximum atomic E-state index is 12.6. The van der Waals surface area contributed by atoms with Crippen LogP contribution in [0.25, 0.3) is 21.9 Å². The Morgan fingerprint density at radius 3 is 2.72 bits per heavy atom. The van der Waals surface area contributed by atoms with Crippen molar-refractivity contribution in [3.8, 4) is 5.75 Å². The lowest BCUT2D eigenvalue weighted by atomic mass is 10.2. The van der Waals surface area contributed by atoms with Crippen molar-refractivity contribution in [1.29, 1.82) is 0 Å². The summed E-state index contributed by atoms with van der Waals surface area (Å²) in [6.45, 7) is 2.99. The lowest BCUT2D eigenvalue weighted by molar-refractivity contribution is -0.384. The van der Waals surface area contributed by atoms with Gasteiger partial charge in [0, 0.05) is 46.7 Å². The van der Waals surface area contributed by atoms with Gasteiger partial charge >= 0.3 is 5.91 Å². The number of hydrazone groups is 1. The van der Waals surface area contributed by atoms with E-state index in [1.807, 2.05) is 48.0 Å². The fraction of sp³-hybridized carbons (Fsp3) is 0.111. The summed E-state index contributed by atoms with van der Waals surface area (Å²) < 4.78 is 13.2. The molecule has 0 saturated carbocycles. The van der Waals surface area contributed by atoms with Gasteiger partial charge in [0.1, 0.15) is 11.3 Å². The van der Waals surface area contributed by atoms with E-state index < -0.39 is 10.8 Å². The van der Waals surface area contributed by atoms with Gasteiger partial charge in [-0.1, -0.05) is 30.3 Å². The van der Waals surface area contributed by atoms with E-state index in [4.69, 9.17) is 9.15 Å². The van der Waals surface area contributed by atoms with Crippen LogP contribution in [0.15, 0.2) is 88.5 Å². The molecule has 0 radical (unpaired) electrons. The van der Waals surface area contributed by atoms with E-state index in [-0.39, 0.29) is 11.4 Å². The zero-order valence-corrected chi connectivity index (χ0v) is 19.4. The third-order valence-electron chi connectivity index (χ3n) is 5.71. The number of carbonyl (C=O) groups is 1. The second-order valence-electron chi connectivity index (χ2n) is 8.10. The molecular formula is C27H22N4O5. The number of para-hydroxylation sites is 1. The predicted molar refractivity (Wildman–Crippen MR) is 137 cm³/mol. The Morgan fingerprint density at radius 1 is 1.14 bits per heavy atom. The molecule has 0 bridgehead atoms. The Balaban J connectivity index is 1.33. The van der Waals surface area contributed by atoms with Crippen LogP contribution in [0.4, 0.5) is 5.69 Å². The van der Waals surface area contributed by atoms with Gasteiger partial charge in [-0.05, 0) is 42.8 Å². The van der Waals surface area contributed by atoms with Crippen LogP contribution in [0.2, 0.25) is 0 Å². The van der Waals surface area contributed by atoms with Crippen LogP contribution < -0.4 is 10.2 Å². The normalized spacial score (nSPS) is 11.4. The number of furan rings is 1. The third kappa shape index (κ3) is 4.67. The molecule has 0 saturated heterocycles. The molecule has 36 heavy (non-hydrogen) atoms. The zero-order chi connectivity index (χ0) is 25.1. The lowest BCUT2D eigenvalue weighted by Crippen LogP contribution is -2.16. The molecular weight excluding hydrogens is 460 g/mol. The van der Waals surface area contributed by atoms with Crippen LogP contribution >= 0.6 is 0 Å². The second kappa shape index (κ2) is 9.75. The summed E-state index contributed by atoms with van der Waals surface area (Å²) in [7, 11) is 0. The highest BCUT2D eigenvalue weighted by atomic mass is 16.6. The van der Waals surface area contributed by atoms with Gasteiger partial charge in [0.25, 0.3) is 5.69 Å². The number of fused-ring (bicyclic) bond motifs is 2. The summed E-state index contributed by atoms with van der Waals surface area (Å²) in [4.78, 5) is 23.1. The van der Waals surface area contributed by atoms with Crippen molar-refractivity contribution >= 4 is 39.7 Å². The van der Waals surface area contributed by atoms with Gasteiger partial charge in [-0.3, -0.25) is 14.9 Å². The highest BCUT2D eigenvalue weighted by molar-refractivity contribution is 6.01. The van der Waals surface area contributed by atoms with Gasteiger partial charge in [0.05, 0.1) is 17.7 Å². The average Bonchev–Trinajstić information content (AvgIpc) is 3.46. The molecule has 5 rings (SSSR count). The topological polar surface area (TPSA) is 112 Å². The number of hydrogen-bond donors (Lipinski definition) is 1. The molecule has 2 aromatic heterocycles. The van der Waals surface area contributed by atoms with E-state index in [0.29, 0.717) is 24.5 Å². The molecule has 3 aromatic carbocycles. The van der Waals surface area contributed by atoms with Gasteiger partial charge in [0.15, 0.2) is 5.76 Å². The van der Waals surface area contributed by atoms with Gasteiger partial charge in [-0.15, -0.1) is 0 Å². The highest BCUT2D eigenvalue weighted by Crippen LogP contribution is 2.25. The molecule has 0 spiro atoms. The van der Waals surface area contributed by atoms with Crippen LogP contribution in [-0.4, -0.2) is 28.2 Å². The van der Waals surface area contributed by atoms with E-state index in [2.05, 4.69) is 10.5 Å². The summed E-state index contributed by atoms with van der Waals surface area (Å²) in [5.74, 6) is 0.396. The number of nitrogens with one attached hydrogen (secondary N) is 1. The minimum absolute atomic E-state index is 0.0545. The molecule has 180 valence electrons. The van der Waals surface area contributed by atoms with Crippen LogP contribution in [0.3, 0.4) is 0 Å². The van der Waals surface area contributed by atoms with E-state index in [0.717, 1.165) is 27.4 Å².